The second-order valence-corrected chi connectivity index (χ2v) is 3.68. The monoisotopic (exact) mass is 242 g/mol. The van der Waals surface area contributed by atoms with Crippen LogP contribution < -0.4 is 5.32 Å². The van der Waals surface area contributed by atoms with E-state index >= 15 is 0 Å². The number of hydrogen-bond donors (Lipinski definition) is 1. The summed E-state index contributed by atoms with van der Waals surface area (Å²) in [6.07, 6.45) is 0. The van der Waals surface area contributed by atoms with E-state index in [0.717, 1.165) is 0 Å². The molecule has 17 heavy (non-hydrogen) atoms. The molecule has 0 aromatic heterocycles. The molecule has 0 atom stereocenters. The molecule has 0 spiro atoms. The standard InChI is InChI=1S/C12H16F2N2O/c1-3-16(8-12(17)15-2)7-9-10(13)5-4-6-11(9)14/h4-6H,3,7-8H2,1-2H3,(H,15,17). The Morgan fingerprint density at radius 3 is 2.41 bits per heavy atom. The van der Waals surface area contributed by atoms with E-state index in [1.54, 1.807) is 4.90 Å². The number of hydrogen-bond acceptors (Lipinski definition) is 2. The molecule has 0 fully saturated rings. The van der Waals surface area contributed by atoms with E-state index in [4.69, 9.17) is 0 Å². The molecule has 0 aliphatic carbocycles. The Morgan fingerprint density at radius 2 is 1.94 bits per heavy atom. The lowest BCUT2D eigenvalue weighted by Crippen LogP contribution is -2.35. The molecule has 1 N–H and O–H groups in total. The molecule has 0 saturated heterocycles. The largest absolute Gasteiger partial charge is 0.358 e. The maximum atomic E-state index is 13.4. The molecule has 0 unspecified atom stereocenters. The topological polar surface area (TPSA) is 32.3 Å². The Labute approximate surface area is 99.4 Å². The number of nitrogens with zero attached hydrogens (tertiary/aromatic N) is 1. The van der Waals surface area contributed by atoms with Gasteiger partial charge in [0.15, 0.2) is 0 Å². The van der Waals surface area contributed by atoms with E-state index < -0.39 is 11.6 Å². The lowest BCUT2D eigenvalue weighted by Gasteiger charge is -2.19. The van der Waals surface area contributed by atoms with Crippen molar-refractivity contribution in [1.29, 1.82) is 0 Å². The van der Waals surface area contributed by atoms with E-state index in [9.17, 15) is 13.6 Å². The van der Waals surface area contributed by atoms with E-state index in [1.165, 1.54) is 25.2 Å². The normalized spacial score (nSPS) is 10.6. The van der Waals surface area contributed by atoms with Crippen molar-refractivity contribution < 1.29 is 13.6 Å². The third kappa shape index (κ3) is 3.78. The Morgan fingerprint density at radius 1 is 1.35 bits per heavy atom. The summed E-state index contributed by atoms with van der Waals surface area (Å²) < 4.78 is 26.8. The van der Waals surface area contributed by atoms with Crippen LogP contribution in [0.5, 0.6) is 0 Å². The van der Waals surface area contributed by atoms with Crippen molar-refractivity contribution >= 4 is 5.91 Å². The first-order valence-electron chi connectivity index (χ1n) is 5.44. The fraction of sp³-hybridized carbons (Fsp3) is 0.417. The first-order valence-corrected chi connectivity index (χ1v) is 5.44. The van der Waals surface area contributed by atoms with Crippen molar-refractivity contribution in [1.82, 2.24) is 10.2 Å². The number of likely N-dealkylation sites (N-methyl/N-ethyl adjacent to an activating group) is 2. The molecule has 1 aromatic carbocycles. The minimum absolute atomic E-state index is 0.00162. The number of amides is 1. The number of benzene rings is 1. The Bertz CT molecular complexity index is 376. The summed E-state index contributed by atoms with van der Waals surface area (Å²) in [6, 6.07) is 3.75. The molecular formula is C12H16F2N2O. The van der Waals surface area contributed by atoms with Gasteiger partial charge in [0, 0.05) is 19.2 Å². The minimum atomic E-state index is -0.583. The van der Waals surface area contributed by atoms with Gasteiger partial charge in [0.2, 0.25) is 5.91 Å². The number of rotatable bonds is 5. The van der Waals surface area contributed by atoms with Gasteiger partial charge in [-0.05, 0) is 18.7 Å². The Kier molecular flexibility index (Phi) is 5.03. The van der Waals surface area contributed by atoms with Crippen molar-refractivity contribution in [2.24, 2.45) is 0 Å². The van der Waals surface area contributed by atoms with Gasteiger partial charge >= 0.3 is 0 Å². The third-order valence-electron chi connectivity index (χ3n) is 2.54. The van der Waals surface area contributed by atoms with Crippen molar-refractivity contribution in [2.45, 2.75) is 13.5 Å². The van der Waals surface area contributed by atoms with E-state index in [-0.39, 0.29) is 24.6 Å². The fourth-order valence-electron chi connectivity index (χ4n) is 1.47. The molecule has 5 heteroatoms. The van der Waals surface area contributed by atoms with Gasteiger partial charge in [-0.25, -0.2) is 8.78 Å². The second-order valence-electron chi connectivity index (χ2n) is 3.68. The van der Waals surface area contributed by atoms with Gasteiger partial charge < -0.3 is 5.32 Å². The predicted molar refractivity (Wildman–Crippen MR) is 61.4 cm³/mol. The molecule has 0 bridgehead atoms. The van der Waals surface area contributed by atoms with Crippen molar-refractivity contribution in [2.75, 3.05) is 20.1 Å². The van der Waals surface area contributed by atoms with Gasteiger partial charge in [-0.15, -0.1) is 0 Å². The highest BCUT2D eigenvalue weighted by Gasteiger charge is 2.14. The van der Waals surface area contributed by atoms with Crippen molar-refractivity contribution in [3.63, 3.8) is 0 Å². The molecule has 3 nitrogen and oxygen atoms in total. The molecular weight excluding hydrogens is 226 g/mol. The average molecular weight is 242 g/mol. The van der Waals surface area contributed by atoms with E-state index in [0.29, 0.717) is 6.54 Å². The highest BCUT2D eigenvalue weighted by Crippen LogP contribution is 2.14. The molecule has 1 rings (SSSR count). The Hall–Kier alpha value is -1.49. The molecule has 0 radical (unpaired) electrons. The summed E-state index contributed by atoms with van der Waals surface area (Å²) in [5.41, 5.74) is -0.00162. The van der Waals surface area contributed by atoms with Gasteiger partial charge in [0.05, 0.1) is 6.54 Å². The highest BCUT2D eigenvalue weighted by molar-refractivity contribution is 5.77. The number of carbonyl (C=O) groups excluding carboxylic acids is 1. The van der Waals surface area contributed by atoms with E-state index in [1.807, 2.05) is 6.92 Å². The smallest absolute Gasteiger partial charge is 0.233 e. The molecule has 1 aromatic rings. The zero-order chi connectivity index (χ0) is 12.8. The van der Waals surface area contributed by atoms with Gasteiger partial charge in [0.25, 0.3) is 0 Å². The van der Waals surface area contributed by atoms with Crippen LogP contribution in [-0.2, 0) is 11.3 Å². The highest BCUT2D eigenvalue weighted by atomic mass is 19.1. The van der Waals surface area contributed by atoms with Crippen molar-refractivity contribution in [3.05, 3.63) is 35.4 Å². The van der Waals surface area contributed by atoms with Gasteiger partial charge in [-0.1, -0.05) is 13.0 Å². The molecule has 0 heterocycles. The summed E-state index contributed by atoms with van der Waals surface area (Å²) in [5.74, 6) is -1.34. The summed E-state index contributed by atoms with van der Waals surface area (Å²) in [6.45, 7) is 2.59. The summed E-state index contributed by atoms with van der Waals surface area (Å²) in [5, 5.41) is 2.48. The fourth-order valence-corrected chi connectivity index (χ4v) is 1.47. The van der Waals surface area contributed by atoms with Crippen LogP contribution in [0.25, 0.3) is 0 Å². The van der Waals surface area contributed by atoms with Crippen LogP contribution in [0.15, 0.2) is 18.2 Å². The van der Waals surface area contributed by atoms with Crippen LogP contribution in [0.2, 0.25) is 0 Å². The van der Waals surface area contributed by atoms with E-state index in [2.05, 4.69) is 5.32 Å². The van der Waals surface area contributed by atoms with Crippen LogP contribution in [0.1, 0.15) is 12.5 Å². The SMILES string of the molecule is CCN(CC(=O)NC)Cc1c(F)cccc1F. The lowest BCUT2D eigenvalue weighted by molar-refractivity contribution is -0.121. The first-order chi connectivity index (χ1) is 8.08. The van der Waals surface area contributed by atoms with Gasteiger partial charge in [0.1, 0.15) is 11.6 Å². The van der Waals surface area contributed by atoms with Gasteiger partial charge in [-0.3, -0.25) is 9.69 Å². The Balaban J connectivity index is 2.77. The van der Waals surface area contributed by atoms with Crippen molar-refractivity contribution in [3.8, 4) is 0 Å². The third-order valence-corrected chi connectivity index (χ3v) is 2.54. The van der Waals surface area contributed by atoms with Crippen LogP contribution in [0.4, 0.5) is 8.78 Å². The zero-order valence-corrected chi connectivity index (χ0v) is 9.96. The zero-order valence-electron chi connectivity index (χ0n) is 9.96. The van der Waals surface area contributed by atoms with Crippen LogP contribution in [0, 0.1) is 11.6 Å². The predicted octanol–water partition coefficient (Wildman–Crippen LogP) is 1.53. The average Bonchev–Trinajstić information content (AvgIpc) is 2.32. The number of nitrogens with one attached hydrogen (secondary N) is 1. The van der Waals surface area contributed by atoms with Crippen LogP contribution in [0.3, 0.4) is 0 Å². The number of halogens is 2. The second kappa shape index (κ2) is 6.30. The minimum Gasteiger partial charge on any atom is -0.358 e. The quantitative estimate of drug-likeness (QED) is 0.849. The van der Waals surface area contributed by atoms with Crippen LogP contribution in [-0.4, -0.2) is 30.9 Å². The lowest BCUT2D eigenvalue weighted by atomic mass is 10.2. The maximum absolute atomic E-state index is 13.4. The molecule has 0 aliphatic rings. The summed E-state index contributed by atoms with van der Waals surface area (Å²) in [7, 11) is 1.53. The summed E-state index contributed by atoms with van der Waals surface area (Å²) >= 11 is 0. The van der Waals surface area contributed by atoms with Gasteiger partial charge in [-0.2, -0.15) is 0 Å². The maximum Gasteiger partial charge on any atom is 0.233 e. The van der Waals surface area contributed by atoms with Crippen LogP contribution >= 0.6 is 0 Å². The molecule has 94 valence electrons. The first kappa shape index (κ1) is 13.6. The molecule has 0 saturated carbocycles. The molecule has 1 amide bonds. The number of carbonyl (C=O) groups is 1. The summed E-state index contributed by atoms with van der Waals surface area (Å²) in [4.78, 5) is 12.9. The molecule has 0 aliphatic heterocycles.